The van der Waals surface area contributed by atoms with E-state index in [1.54, 1.807) is 4.68 Å². The Balaban J connectivity index is 1.69. The number of fused-ring (bicyclic) bond motifs is 1. The van der Waals surface area contributed by atoms with Crippen LogP contribution in [-0.2, 0) is 19.5 Å². The highest BCUT2D eigenvalue weighted by Crippen LogP contribution is 2.20. The van der Waals surface area contributed by atoms with Crippen LogP contribution in [0.2, 0.25) is 0 Å². The first-order valence-electron chi connectivity index (χ1n) is 6.91. The Bertz CT molecular complexity index is 734. The van der Waals surface area contributed by atoms with Crippen molar-refractivity contribution in [1.29, 1.82) is 0 Å². The molecule has 7 heteroatoms. The van der Waals surface area contributed by atoms with Crippen molar-refractivity contribution in [3.8, 4) is 0 Å². The van der Waals surface area contributed by atoms with Crippen molar-refractivity contribution in [2.24, 2.45) is 0 Å². The van der Waals surface area contributed by atoms with E-state index < -0.39 is 0 Å². The highest BCUT2D eigenvalue weighted by Gasteiger charge is 2.05. The second kappa shape index (κ2) is 5.92. The lowest BCUT2D eigenvalue weighted by atomic mass is 10.3. The first kappa shape index (κ1) is 13.6. The average molecular weight is 287 g/mol. The number of aliphatic hydroxyl groups is 1. The highest BCUT2D eigenvalue weighted by molar-refractivity contribution is 5.77. The number of oxazole rings is 1. The van der Waals surface area contributed by atoms with Gasteiger partial charge in [-0.05, 0) is 18.2 Å². The zero-order valence-electron chi connectivity index (χ0n) is 11.8. The lowest BCUT2D eigenvalue weighted by molar-refractivity contribution is 0.268. The largest absolute Gasteiger partial charge is 0.441 e. The fraction of sp³-hybridized carbons (Fsp3) is 0.357. The standard InChI is InChI=1S/C14H17N5O2/c1-2-14-16-12-7-10(3-4-13(12)21-14)15-8-11-9-19(5-6-20)18-17-11/h3-4,7,9,15,20H,2,5-6,8H2,1H3. The number of benzene rings is 1. The van der Waals surface area contributed by atoms with Crippen molar-refractivity contribution in [3.63, 3.8) is 0 Å². The molecule has 0 saturated heterocycles. The van der Waals surface area contributed by atoms with Crippen molar-refractivity contribution in [1.82, 2.24) is 20.0 Å². The quantitative estimate of drug-likeness (QED) is 0.715. The second-order valence-corrected chi connectivity index (χ2v) is 4.69. The highest BCUT2D eigenvalue weighted by atomic mass is 16.3. The Morgan fingerprint density at radius 3 is 3.10 bits per heavy atom. The molecule has 110 valence electrons. The Morgan fingerprint density at radius 1 is 1.38 bits per heavy atom. The number of aliphatic hydroxyl groups excluding tert-OH is 1. The smallest absolute Gasteiger partial charge is 0.195 e. The van der Waals surface area contributed by atoms with Crippen LogP contribution in [0.3, 0.4) is 0 Å². The van der Waals surface area contributed by atoms with Gasteiger partial charge in [0.1, 0.15) is 11.2 Å². The van der Waals surface area contributed by atoms with Crippen LogP contribution in [0.15, 0.2) is 28.8 Å². The molecule has 0 amide bonds. The predicted molar refractivity (Wildman–Crippen MR) is 77.8 cm³/mol. The third-order valence-electron chi connectivity index (χ3n) is 3.12. The van der Waals surface area contributed by atoms with Gasteiger partial charge in [-0.3, -0.25) is 0 Å². The number of hydrogen-bond donors (Lipinski definition) is 2. The summed E-state index contributed by atoms with van der Waals surface area (Å²) in [5.41, 5.74) is 3.42. The molecule has 0 atom stereocenters. The number of anilines is 1. The van der Waals surface area contributed by atoms with Gasteiger partial charge in [-0.1, -0.05) is 12.1 Å². The fourth-order valence-corrected chi connectivity index (χ4v) is 2.06. The first-order chi connectivity index (χ1) is 10.3. The van der Waals surface area contributed by atoms with E-state index in [0.717, 1.165) is 34.8 Å². The molecule has 2 aromatic heterocycles. The molecular weight excluding hydrogens is 270 g/mol. The van der Waals surface area contributed by atoms with Crippen molar-refractivity contribution < 1.29 is 9.52 Å². The van der Waals surface area contributed by atoms with Gasteiger partial charge in [0.15, 0.2) is 11.5 Å². The summed E-state index contributed by atoms with van der Waals surface area (Å²) in [4.78, 5) is 4.41. The lowest BCUT2D eigenvalue weighted by Crippen LogP contribution is -2.02. The zero-order valence-corrected chi connectivity index (χ0v) is 11.8. The number of hydrogen-bond acceptors (Lipinski definition) is 6. The van der Waals surface area contributed by atoms with Crippen molar-refractivity contribution in [2.75, 3.05) is 11.9 Å². The van der Waals surface area contributed by atoms with Gasteiger partial charge in [0.05, 0.1) is 25.9 Å². The van der Waals surface area contributed by atoms with E-state index in [0.29, 0.717) is 13.1 Å². The molecular formula is C14H17N5O2. The molecule has 3 aromatic rings. The molecule has 0 fully saturated rings. The summed E-state index contributed by atoms with van der Waals surface area (Å²) in [6.45, 7) is 3.09. The second-order valence-electron chi connectivity index (χ2n) is 4.69. The van der Waals surface area contributed by atoms with Gasteiger partial charge in [0, 0.05) is 12.1 Å². The molecule has 21 heavy (non-hydrogen) atoms. The van der Waals surface area contributed by atoms with E-state index in [1.807, 2.05) is 31.3 Å². The minimum absolute atomic E-state index is 0.0544. The third kappa shape index (κ3) is 3.03. The molecule has 0 saturated carbocycles. The van der Waals surface area contributed by atoms with Crippen molar-refractivity contribution in [2.45, 2.75) is 26.4 Å². The maximum absolute atomic E-state index is 8.84. The van der Waals surface area contributed by atoms with Crippen LogP contribution in [-0.4, -0.2) is 31.7 Å². The molecule has 0 unspecified atom stereocenters. The molecule has 3 rings (SSSR count). The summed E-state index contributed by atoms with van der Waals surface area (Å²) in [6, 6.07) is 5.81. The molecule has 0 aliphatic rings. The van der Waals surface area contributed by atoms with Gasteiger partial charge in [-0.15, -0.1) is 5.10 Å². The third-order valence-corrected chi connectivity index (χ3v) is 3.12. The van der Waals surface area contributed by atoms with Crippen LogP contribution in [0.25, 0.3) is 11.1 Å². The van der Waals surface area contributed by atoms with E-state index >= 15 is 0 Å². The average Bonchev–Trinajstić information content (AvgIpc) is 3.11. The molecule has 0 bridgehead atoms. The SMILES string of the molecule is CCc1nc2cc(NCc3cn(CCO)nn3)ccc2o1. The zero-order chi connectivity index (χ0) is 14.7. The van der Waals surface area contributed by atoms with E-state index in [1.165, 1.54) is 0 Å². The van der Waals surface area contributed by atoms with E-state index in [2.05, 4.69) is 20.6 Å². The monoisotopic (exact) mass is 287 g/mol. The molecule has 7 nitrogen and oxygen atoms in total. The van der Waals surface area contributed by atoms with E-state index in [-0.39, 0.29) is 6.61 Å². The van der Waals surface area contributed by atoms with E-state index in [9.17, 15) is 0 Å². The minimum atomic E-state index is 0.0544. The number of rotatable bonds is 6. The van der Waals surface area contributed by atoms with Gasteiger partial charge in [0.25, 0.3) is 0 Å². The topological polar surface area (TPSA) is 89.0 Å². The van der Waals surface area contributed by atoms with Crippen LogP contribution in [0.4, 0.5) is 5.69 Å². The normalized spacial score (nSPS) is 11.1. The molecule has 0 aliphatic carbocycles. The Labute approximate surface area is 121 Å². The Hall–Kier alpha value is -2.41. The number of nitrogens with one attached hydrogen (secondary N) is 1. The Morgan fingerprint density at radius 2 is 2.29 bits per heavy atom. The maximum Gasteiger partial charge on any atom is 0.195 e. The fourth-order valence-electron chi connectivity index (χ4n) is 2.06. The molecule has 0 spiro atoms. The van der Waals surface area contributed by atoms with E-state index in [4.69, 9.17) is 9.52 Å². The summed E-state index contributed by atoms with van der Waals surface area (Å²) in [6.07, 6.45) is 2.60. The summed E-state index contributed by atoms with van der Waals surface area (Å²) in [5, 5.41) is 20.1. The minimum Gasteiger partial charge on any atom is -0.441 e. The van der Waals surface area contributed by atoms with Crippen LogP contribution < -0.4 is 5.32 Å². The maximum atomic E-state index is 8.84. The summed E-state index contributed by atoms with van der Waals surface area (Å²) < 4.78 is 7.19. The van der Waals surface area contributed by atoms with Crippen LogP contribution in [0.1, 0.15) is 18.5 Å². The van der Waals surface area contributed by atoms with Gasteiger partial charge >= 0.3 is 0 Å². The predicted octanol–water partition coefficient (Wildman–Crippen LogP) is 1.59. The van der Waals surface area contributed by atoms with Crippen LogP contribution in [0, 0.1) is 0 Å². The molecule has 2 N–H and O–H groups in total. The number of aromatic nitrogens is 4. The first-order valence-corrected chi connectivity index (χ1v) is 6.91. The number of nitrogens with zero attached hydrogens (tertiary/aromatic N) is 4. The van der Waals surface area contributed by atoms with Gasteiger partial charge < -0.3 is 14.8 Å². The van der Waals surface area contributed by atoms with Crippen LogP contribution >= 0.6 is 0 Å². The summed E-state index contributed by atoms with van der Waals surface area (Å²) >= 11 is 0. The van der Waals surface area contributed by atoms with Gasteiger partial charge in [-0.25, -0.2) is 9.67 Å². The Kier molecular flexibility index (Phi) is 3.83. The summed E-state index contributed by atoms with van der Waals surface area (Å²) in [7, 11) is 0. The van der Waals surface area contributed by atoms with Gasteiger partial charge in [0.2, 0.25) is 0 Å². The van der Waals surface area contributed by atoms with Gasteiger partial charge in [-0.2, -0.15) is 0 Å². The van der Waals surface area contributed by atoms with Crippen molar-refractivity contribution in [3.05, 3.63) is 36.0 Å². The number of aryl methyl sites for hydroxylation is 1. The molecule has 2 heterocycles. The van der Waals surface area contributed by atoms with Crippen molar-refractivity contribution >= 4 is 16.8 Å². The summed E-state index contributed by atoms with van der Waals surface area (Å²) in [5.74, 6) is 0.745. The molecule has 1 aromatic carbocycles. The van der Waals surface area contributed by atoms with Crippen LogP contribution in [0.5, 0.6) is 0 Å². The molecule has 0 aliphatic heterocycles. The lowest BCUT2D eigenvalue weighted by Gasteiger charge is -2.03. The molecule has 0 radical (unpaired) electrons.